The van der Waals surface area contributed by atoms with E-state index in [1.54, 1.807) is 6.33 Å². The molecule has 2 aromatic heterocycles. The van der Waals surface area contributed by atoms with Gasteiger partial charge in [0.1, 0.15) is 6.33 Å². The van der Waals surface area contributed by atoms with Gasteiger partial charge in [-0.3, -0.25) is 4.40 Å². The van der Waals surface area contributed by atoms with Gasteiger partial charge in [0.2, 0.25) is 5.65 Å². The summed E-state index contributed by atoms with van der Waals surface area (Å²) in [6.45, 7) is 2.04. The molecule has 0 saturated carbocycles. The van der Waals surface area contributed by atoms with Gasteiger partial charge in [-0.15, -0.1) is 10.2 Å². The van der Waals surface area contributed by atoms with E-state index in [0.717, 1.165) is 31.0 Å². The Morgan fingerprint density at radius 3 is 2.86 bits per heavy atom. The number of hydrogen-bond donors (Lipinski definition) is 0. The highest BCUT2D eigenvalue weighted by Crippen LogP contribution is 2.30. The zero-order valence-electron chi connectivity index (χ0n) is 12.5. The molecule has 1 aromatic carbocycles. The fraction of sp³-hybridized carbons (Fsp3) is 0.353. The van der Waals surface area contributed by atoms with Crippen molar-refractivity contribution in [3.63, 3.8) is 0 Å². The minimum absolute atomic E-state index is 0.642. The molecule has 4 rings (SSSR count). The highest BCUT2D eigenvalue weighted by Gasteiger charge is 2.21. The van der Waals surface area contributed by atoms with E-state index in [1.807, 2.05) is 16.8 Å². The van der Waals surface area contributed by atoms with E-state index in [2.05, 4.69) is 50.4 Å². The molecule has 0 bridgehead atoms. The summed E-state index contributed by atoms with van der Waals surface area (Å²) in [5, 5.41) is 8.20. The Kier molecular flexibility index (Phi) is 3.46. The molecule has 5 nitrogen and oxygen atoms in total. The van der Waals surface area contributed by atoms with E-state index in [0.29, 0.717) is 5.92 Å². The Balaban J connectivity index is 1.57. The average molecular weight is 293 g/mol. The molecule has 0 amide bonds. The van der Waals surface area contributed by atoms with Crippen molar-refractivity contribution in [1.29, 1.82) is 0 Å². The highest BCUT2D eigenvalue weighted by molar-refractivity contribution is 5.63. The maximum Gasteiger partial charge on any atom is 0.203 e. The van der Waals surface area contributed by atoms with Crippen LogP contribution in [0.3, 0.4) is 0 Å². The van der Waals surface area contributed by atoms with Crippen LogP contribution in [-0.2, 0) is 0 Å². The summed E-state index contributed by atoms with van der Waals surface area (Å²) in [5.74, 6) is 1.59. The minimum atomic E-state index is 0.642. The second kappa shape index (κ2) is 5.75. The molecule has 1 aliphatic rings. The number of rotatable bonds is 2. The van der Waals surface area contributed by atoms with Crippen LogP contribution in [0.1, 0.15) is 30.7 Å². The number of hydrogen-bond acceptors (Lipinski definition) is 4. The summed E-state index contributed by atoms with van der Waals surface area (Å²) in [6, 6.07) is 10.9. The molecule has 0 aliphatic carbocycles. The maximum atomic E-state index is 4.54. The molecule has 0 spiro atoms. The molecule has 3 aromatic rings. The lowest BCUT2D eigenvalue weighted by Gasteiger charge is -2.21. The van der Waals surface area contributed by atoms with Gasteiger partial charge in [0.25, 0.3) is 0 Å². The second-order valence-electron chi connectivity index (χ2n) is 5.84. The topological polar surface area (TPSA) is 46.3 Å². The monoisotopic (exact) mass is 293 g/mol. The fourth-order valence-corrected chi connectivity index (χ4v) is 3.34. The predicted octanol–water partition coefficient (Wildman–Crippen LogP) is 2.90. The van der Waals surface area contributed by atoms with Gasteiger partial charge in [-0.1, -0.05) is 30.3 Å². The van der Waals surface area contributed by atoms with Crippen LogP contribution in [0.4, 0.5) is 5.82 Å². The normalized spacial score (nSPS) is 19.3. The number of benzene rings is 1. The Hall–Kier alpha value is -2.43. The SMILES string of the molecule is c1ccc(C2CCCN(c3nccn4cnnc34)CC2)cc1. The molecule has 0 N–H and O–H groups in total. The molecular weight excluding hydrogens is 274 g/mol. The van der Waals surface area contributed by atoms with Gasteiger partial charge in [0, 0.05) is 25.5 Å². The molecule has 112 valence electrons. The number of fused-ring (bicyclic) bond motifs is 1. The highest BCUT2D eigenvalue weighted by atomic mass is 15.3. The first-order valence-electron chi connectivity index (χ1n) is 7.86. The van der Waals surface area contributed by atoms with Crippen LogP contribution in [-0.4, -0.2) is 32.7 Å². The first-order chi connectivity index (χ1) is 10.9. The average Bonchev–Trinajstić information content (AvgIpc) is 2.92. The molecule has 0 radical (unpaired) electrons. The smallest absolute Gasteiger partial charge is 0.203 e. The van der Waals surface area contributed by atoms with Crippen LogP contribution in [0, 0.1) is 0 Å². The van der Waals surface area contributed by atoms with E-state index in [-0.39, 0.29) is 0 Å². The van der Waals surface area contributed by atoms with Crippen molar-refractivity contribution in [2.75, 3.05) is 18.0 Å². The molecule has 22 heavy (non-hydrogen) atoms. The van der Waals surface area contributed by atoms with Gasteiger partial charge in [0.15, 0.2) is 5.82 Å². The van der Waals surface area contributed by atoms with Gasteiger partial charge in [-0.2, -0.15) is 0 Å². The Bertz CT molecular complexity index is 752. The van der Waals surface area contributed by atoms with Gasteiger partial charge in [0.05, 0.1) is 0 Å². The molecule has 1 unspecified atom stereocenters. The summed E-state index contributed by atoms with van der Waals surface area (Å²) in [7, 11) is 0. The van der Waals surface area contributed by atoms with Gasteiger partial charge >= 0.3 is 0 Å². The largest absolute Gasteiger partial charge is 0.353 e. The van der Waals surface area contributed by atoms with E-state index >= 15 is 0 Å². The molecule has 1 aliphatic heterocycles. The molecule has 1 fully saturated rings. The molecule has 1 atom stereocenters. The van der Waals surface area contributed by atoms with Crippen LogP contribution in [0.15, 0.2) is 49.1 Å². The summed E-state index contributed by atoms with van der Waals surface area (Å²) in [5.41, 5.74) is 2.30. The summed E-state index contributed by atoms with van der Waals surface area (Å²) in [6.07, 6.45) is 9.01. The standard InChI is InChI=1S/C17H19N5/c1-2-5-14(6-3-1)15-7-4-10-21(11-8-15)16-17-20-19-13-22(17)12-9-18-16/h1-3,5-6,9,12-13,15H,4,7-8,10-11H2. The van der Waals surface area contributed by atoms with E-state index < -0.39 is 0 Å². The number of nitrogens with zero attached hydrogens (tertiary/aromatic N) is 5. The van der Waals surface area contributed by atoms with Crippen LogP contribution >= 0.6 is 0 Å². The lowest BCUT2D eigenvalue weighted by Crippen LogP contribution is -2.25. The van der Waals surface area contributed by atoms with Crippen molar-refractivity contribution in [3.8, 4) is 0 Å². The lowest BCUT2D eigenvalue weighted by molar-refractivity contribution is 0.612. The van der Waals surface area contributed by atoms with E-state index in [9.17, 15) is 0 Å². The van der Waals surface area contributed by atoms with Gasteiger partial charge in [-0.05, 0) is 30.7 Å². The van der Waals surface area contributed by atoms with Crippen molar-refractivity contribution in [3.05, 3.63) is 54.6 Å². The number of aromatic nitrogens is 4. The fourth-order valence-electron chi connectivity index (χ4n) is 3.34. The van der Waals surface area contributed by atoms with Crippen molar-refractivity contribution in [2.24, 2.45) is 0 Å². The zero-order valence-corrected chi connectivity index (χ0v) is 12.5. The predicted molar refractivity (Wildman–Crippen MR) is 86.0 cm³/mol. The van der Waals surface area contributed by atoms with Crippen LogP contribution in [0.25, 0.3) is 5.65 Å². The van der Waals surface area contributed by atoms with Crippen molar-refractivity contribution >= 4 is 11.5 Å². The summed E-state index contributed by atoms with van der Waals surface area (Å²) >= 11 is 0. The van der Waals surface area contributed by atoms with Crippen molar-refractivity contribution in [1.82, 2.24) is 19.6 Å². The Labute approximate surface area is 129 Å². The van der Waals surface area contributed by atoms with Crippen molar-refractivity contribution < 1.29 is 0 Å². The zero-order chi connectivity index (χ0) is 14.8. The molecule has 5 heteroatoms. The Morgan fingerprint density at radius 2 is 1.95 bits per heavy atom. The summed E-state index contributed by atoms with van der Waals surface area (Å²) in [4.78, 5) is 6.90. The first-order valence-corrected chi connectivity index (χ1v) is 7.86. The van der Waals surface area contributed by atoms with Crippen molar-refractivity contribution in [2.45, 2.75) is 25.2 Å². The van der Waals surface area contributed by atoms with E-state index in [4.69, 9.17) is 0 Å². The van der Waals surface area contributed by atoms with Gasteiger partial charge in [-0.25, -0.2) is 4.98 Å². The first kappa shape index (κ1) is 13.2. The van der Waals surface area contributed by atoms with Crippen LogP contribution in [0.5, 0.6) is 0 Å². The Morgan fingerprint density at radius 1 is 1.05 bits per heavy atom. The quantitative estimate of drug-likeness (QED) is 0.729. The van der Waals surface area contributed by atoms with Gasteiger partial charge < -0.3 is 4.90 Å². The molecular formula is C17H19N5. The third kappa shape index (κ3) is 2.43. The van der Waals surface area contributed by atoms with Crippen LogP contribution < -0.4 is 4.90 Å². The third-order valence-corrected chi connectivity index (χ3v) is 4.50. The maximum absolute atomic E-state index is 4.54. The third-order valence-electron chi connectivity index (χ3n) is 4.50. The summed E-state index contributed by atoms with van der Waals surface area (Å²) < 4.78 is 1.93. The molecule has 1 saturated heterocycles. The number of anilines is 1. The van der Waals surface area contributed by atoms with Crippen LogP contribution in [0.2, 0.25) is 0 Å². The minimum Gasteiger partial charge on any atom is -0.353 e. The molecule has 3 heterocycles. The second-order valence-corrected chi connectivity index (χ2v) is 5.84. The lowest BCUT2D eigenvalue weighted by atomic mass is 9.92. The van der Waals surface area contributed by atoms with E-state index in [1.165, 1.54) is 18.4 Å².